The summed E-state index contributed by atoms with van der Waals surface area (Å²) in [5.74, 6) is 0.367. The van der Waals surface area contributed by atoms with Crippen LogP contribution in [0.2, 0.25) is 0 Å². The van der Waals surface area contributed by atoms with E-state index in [0.717, 1.165) is 28.6 Å². The summed E-state index contributed by atoms with van der Waals surface area (Å²) in [4.78, 5) is 25.8. The van der Waals surface area contributed by atoms with Gasteiger partial charge in [0, 0.05) is 41.7 Å². The Morgan fingerprint density at radius 1 is 1.19 bits per heavy atom. The molecule has 196 valence electrons. The zero-order valence-electron chi connectivity index (χ0n) is 22.1. The van der Waals surface area contributed by atoms with Gasteiger partial charge in [-0.2, -0.15) is 0 Å². The quantitative estimate of drug-likeness (QED) is 0.296. The first-order valence-corrected chi connectivity index (χ1v) is 12.6. The monoisotopic (exact) mass is 503 g/mol. The van der Waals surface area contributed by atoms with Gasteiger partial charge in [0.25, 0.3) is 5.91 Å². The van der Waals surface area contributed by atoms with Gasteiger partial charge in [-0.15, -0.1) is 6.58 Å². The molecule has 2 amide bonds. The predicted molar refractivity (Wildman–Crippen MR) is 148 cm³/mol. The number of ether oxygens (including phenoxy) is 1. The molecule has 1 unspecified atom stereocenters. The SMILES string of the molecule is C=CCNC(=O)Cn1c(C/C=C\C)c(C(C)CC)c2ccc(C(=O)NCc3ccc(O)c(OC)c3)cc21. The van der Waals surface area contributed by atoms with Crippen molar-refractivity contribution in [2.75, 3.05) is 13.7 Å². The van der Waals surface area contributed by atoms with Crippen molar-refractivity contribution in [2.45, 2.75) is 52.6 Å². The smallest absolute Gasteiger partial charge is 0.251 e. The lowest BCUT2D eigenvalue weighted by atomic mass is 9.94. The summed E-state index contributed by atoms with van der Waals surface area (Å²) in [6.07, 6.45) is 7.42. The van der Waals surface area contributed by atoms with Crippen molar-refractivity contribution < 1.29 is 19.4 Å². The second-order valence-electron chi connectivity index (χ2n) is 9.04. The number of amides is 2. The molecule has 3 aromatic rings. The molecule has 0 saturated heterocycles. The highest BCUT2D eigenvalue weighted by Crippen LogP contribution is 2.35. The molecule has 0 aliphatic rings. The Morgan fingerprint density at radius 3 is 2.65 bits per heavy atom. The summed E-state index contributed by atoms with van der Waals surface area (Å²) in [6, 6.07) is 10.7. The van der Waals surface area contributed by atoms with E-state index in [1.54, 1.807) is 24.3 Å². The van der Waals surface area contributed by atoms with Crippen molar-refractivity contribution in [3.05, 3.63) is 83.6 Å². The number of aromatic hydroxyl groups is 1. The Kier molecular flexibility index (Phi) is 9.55. The van der Waals surface area contributed by atoms with Gasteiger partial charge in [-0.1, -0.05) is 44.2 Å². The largest absolute Gasteiger partial charge is 0.504 e. The average Bonchev–Trinajstić information content (AvgIpc) is 3.21. The van der Waals surface area contributed by atoms with Gasteiger partial charge in [-0.05, 0) is 54.7 Å². The van der Waals surface area contributed by atoms with Gasteiger partial charge in [0.15, 0.2) is 11.5 Å². The van der Waals surface area contributed by atoms with E-state index in [9.17, 15) is 14.7 Å². The normalized spacial score (nSPS) is 12.0. The number of carbonyl (C=O) groups excluding carboxylic acids is 2. The van der Waals surface area contributed by atoms with Crippen LogP contribution in [0.15, 0.2) is 61.2 Å². The lowest BCUT2D eigenvalue weighted by Crippen LogP contribution is -2.28. The molecule has 1 heterocycles. The minimum Gasteiger partial charge on any atom is -0.504 e. The van der Waals surface area contributed by atoms with Gasteiger partial charge in [0.2, 0.25) is 5.91 Å². The highest BCUT2D eigenvalue weighted by Gasteiger charge is 2.22. The molecule has 0 radical (unpaired) electrons. The lowest BCUT2D eigenvalue weighted by molar-refractivity contribution is -0.121. The maximum atomic E-state index is 13.1. The molecule has 3 N–H and O–H groups in total. The molecule has 0 bridgehead atoms. The molecule has 0 spiro atoms. The van der Waals surface area contributed by atoms with Crippen LogP contribution in [0.5, 0.6) is 11.5 Å². The molecule has 0 aliphatic heterocycles. The van der Waals surface area contributed by atoms with Crippen LogP contribution in [0.1, 0.15) is 60.3 Å². The zero-order valence-corrected chi connectivity index (χ0v) is 22.1. The third-order valence-corrected chi connectivity index (χ3v) is 6.57. The Balaban J connectivity index is 2.00. The third kappa shape index (κ3) is 6.42. The standard InChI is InChI=1S/C30H37N3O4/c1-6-9-10-24-29(20(4)8-3)23-13-12-22(17-25(23)33(24)19-28(35)31-15-7-2)30(36)32-18-21-11-14-26(34)27(16-21)37-5/h6-7,9,11-14,16-17,20,34H,2,8,10,15,18-19H2,1,3-5H3,(H,31,35)(H,32,36)/b9-6-. The van der Waals surface area contributed by atoms with Crippen LogP contribution in [0.4, 0.5) is 0 Å². The molecule has 1 atom stereocenters. The summed E-state index contributed by atoms with van der Waals surface area (Å²) in [5.41, 5.74) is 4.48. The van der Waals surface area contributed by atoms with E-state index in [2.05, 4.69) is 37.1 Å². The summed E-state index contributed by atoms with van der Waals surface area (Å²) in [5, 5.41) is 16.7. The molecule has 0 saturated carbocycles. The number of hydrogen-bond acceptors (Lipinski definition) is 4. The van der Waals surface area contributed by atoms with Crippen LogP contribution in [0, 0.1) is 0 Å². The van der Waals surface area contributed by atoms with E-state index in [0.29, 0.717) is 30.2 Å². The molecular weight excluding hydrogens is 466 g/mol. The van der Waals surface area contributed by atoms with E-state index in [1.807, 2.05) is 35.8 Å². The number of methoxy groups -OCH3 is 1. The molecule has 2 aromatic carbocycles. The molecule has 3 rings (SSSR count). The molecule has 37 heavy (non-hydrogen) atoms. The second-order valence-corrected chi connectivity index (χ2v) is 9.04. The summed E-state index contributed by atoms with van der Waals surface area (Å²) in [6.45, 7) is 10.9. The fourth-order valence-corrected chi connectivity index (χ4v) is 4.46. The second kappa shape index (κ2) is 12.8. The van der Waals surface area contributed by atoms with Crippen LogP contribution >= 0.6 is 0 Å². The number of nitrogens with one attached hydrogen (secondary N) is 2. The first-order chi connectivity index (χ1) is 17.8. The van der Waals surface area contributed by atoms with E-state index < -0.39 is 0 Å². The number of aromatic nitrogens is 1. The Labute approximate surface area is 218 Å². The van der Waals surface area contributed by atoms with Crippen molar-refractivity contribution in [2.24, 2.45) is 0 Å². The Hall–Kier alpha value is -4.00. The van der Waals surface area contributed by atoms with Gasteiger partial charge in [-0.25, -0.2) is 0 Å². The van der Waals surface area contributed by atoms with Crippen LogP contribution in [-0.4, -0.2) is 35.1 Å². The molecule has 0 aliphatic carbocycles. The first kappa shape index (κ1) is 27.6. The minimum absolute atomic E-state index is 0.0479. The number of hydrogen-bond donors (Lipinski definition) is 3. The predicted octanol–water partition coefficient (Wildman–Crippen LogP) is 5.22. The molecule has 7 heteroatoms. The maximum absolute atomic E-state index is 13.1. The number of carbonyl (C=O) groups is 2. The lowest BCUT2D eigenvalue weighted by Gasteiger charge is -2.14. The fourth-order valence-electron chi connectivity index (χ4n) is 4.46. The number of phenolic OH excluding ortho intramolecular Hbond substituents is 1. The molecule has 7 nitrogen and oxygen atoms in total. The Morgan fingerprint density at radius 2 is 1.97 bits per heavy atom. The molecule has 0 fully saturated rings. The van der Waals surface area contributed by atoms with Crippen LogP contribution in [0.3, 0.4) is 0 Å². The number of fused-ring (bicyclic) bond motifs is 1. The van der Waals surface area contributed by atoms with Crippen LogP contribution in [-0.2, 0) is 24.3 Å². The van der Waals surface area contributed by atoms with Crippen LogP contribution in [0.25, 0.3) is 10.9 Å². The summed E-state index contributed by atoms with van der Waals surface area (Å²) in [7, 11) is 1.48. The van der Waals surface area contributed by atoms with Crippen molar-refractivity contribution in [1.82, 2.24) is 15.2 Å². The van der Waals surface area contributed by atoms with Crippen LogP contribution < -0.4 is 15.4 Å². The van der Waals surface area contributed by atoms with E-state index in [1.165, 1.54) is 12.7 Å². The fraction of sp³-hybridized carbons (Fsp3) is 0.333. The van der Waals surface area contributed by atoms with Crippen molar-refractivity contribution in [1.29, 1.82) is 0 Å². The number of phenols is 1. The van der Waals surface area contributed by atoms with Crippen molar-refractivity contribution >= 4 is 22.7 Å². The number of benzene rings is 2. The van der Waals surface area contributed by atoms with Crippen molar-refractivity contribution in [3.63, 3.8) is 0 Å². The molecular formula is C30H37N3O4. The Bertz CT molecular complexity index is 1310. The average molecular weight is 504 g/mol. The molecule has 1 aromatic heterocycles. The van der Waals surface area contributed by atoms with Gasteiger partial charge in [0.1, 0.15) is 6.54 Å². The zero-order chi connectivity index (χ0) is 26.9. The minimum atomic E-state index is -0.224. The van der Waals surface area contributed by atoms with Gasteiger partial charge < -0.3 is 25.0 Å². The van der Waals surface area contributed by atoms with E-state index >= 15 is 0 Å². The van der Waals surface area contributed by atoms with Crippen molar-refractivity contribution in [3.8, 4) is 11.5 Å². The topological polar surface area (TPSA) is 92.6 Å². The maximum Gasteiger partial charge on any atom is 0.251 e. The van der Waals surface area contributed by atoms with E-state index in [4.69, 9.17) is 4.74 Å². The van der Waals surface area contributed by atoms with Gasteiger partial charge in [-0.3, -0.25) is 9.59 Å². The van der Waals surface area contributed by atoms with Gasteiger partial charge in [0.05, 0.1) is 7.11 Å². The first-order valence-electron chi connectivity index (χ1n) is 12.6. The number of rotatable bonds is 12. The third-order valence-electron chi connectivity index (χ3n) is 6.57. The summed E-state index contributed by atoms with van der Waals surface area (Å²) >= 11 is 0. The van der Waals surface area contributed by atoms with Gasteiger partial charge >= 0.3 is 0 Å². The summed E-state index contributed by atoms with van der Waals surface area (Å²) < 4.78 is 7.19. The number of nitrogens with zero attached hydrogens (tertiary/aromatic N) is 1. The highest BCUT2D eigenvalue weighted by atomic mass is 16.5. The number of allylic oxidation sites excluding steroid dienone is 2. The highest BCUT2D eigenvalue weighted by molar-refractivity contribution is 5.99. The van der Waals surface area contributed by atoms with E-state index in [-0.39, 0.29) is 30.7 Å².